The van der Waals surface area contributed by atoms with Gasteiger partial charge in [0.1, 0.15) is 12.4 Å². The summed E-state index contributed by atoms with van der Waals surface area (Å²) in [7, 11) is 3.92. The van der Waals surface area contributed by atoms with Crippen molar-refractivity contribution in [3.8, 4) is 5.75 Å². The zero-order valence-electron chi connectivity index (χ0n) is 15.9. The van der Waals surface area contributed by atoms with Gasteiger partial charge >= 0.3 is 0 Å². The maximum atomic E-state index is 12.6. The van der Waals surface area contributed by atoms with Gasteiger partial charge in [-0.3, -0.25) is 14.5 Å². The number of hydrogen-bond donors (Lipinski definition) is 0. The minimum absolute atomic E-state index is 0.221. The number of carbonyl (C=O) groups is 2. The lowest BCUT2D eigenvalue weighted by Crippen LogP contribution is -2.32. The van der Waals surface area contributed by atoms with Crippen molar-refractivity contribution >= 4 is 50.6 Å². The van der Waals surface area contributed by atoms with Crippen LogP contribution in [-0.2, 0) is 4.79 Å². The third-order valence-electron chi connectivity index (χ3n) is 4.23. The van der Waals surface area contributed by atoms with Gasteiger partial charge in [-0.1, -0.05) is 23.8 Å². The Labute approximate surface area is 177 Å². The van der Waals surface area contributed by atoms with E-state index in [2.05, 4.69) is 15.9 Å². The van der Waals surface area contributed by atoms with Crippen LogP contribution in [0.25, 0.3) is 6.08 Å². The molecule has 1 saturated heterocycles. The molecular formula is C21H21BrN2O3S. The summed E-state index contributed by atoms with van der Waals surface area (Å²) in [6.45, 7) is 2.49. The maximum Gasteiger partial charge on any atom is 0.293 e. The molecule has 1 aliphatic rings. The smallest absolute Gasteiger partial charge is 0.293 e. The highest BCUT2D eigenvalue weighted by Crippen LogP contribution is 2.33. The van der Waals surface area contributed by atoms with Crippen LogP contribution in [0.1, 0.15) is 11.1 Å². The molecule has 1 fully saturated rings. The van der Waals surface area contributed by atoms with E-state index in [1.165, 1.54) is 4.90 Å². The number of aryl methyl sites for hydroxylation is 1. The molecule has 1 aliphatic heterocycles. The molecule has 0 N–H and O–H groups in total. The number of imide groups is 1. The average molecular weight is 461 g/mol. The van der Waals surface area contributed by atoms with E-state index < -0.39 is 0 Å². The summed E-state index contributed by atoms with van der Waals surface area (Å²) in [5.41, 5.74) is 3.05. The molecule has 0 aliphatic carbocycles. The summed E-state index contributed by atoms with van der Waals surface area (Å²) >= 11 is 4.50. The van der Waals surface area contributed by atoms with Crippen LogP contribution in [0.5, 0.6) is 5.75 Å². The normalized spacial score (nSPS) is 15.4. The van der Waals surface area contributed by atoms with Crippen LogP contribution in [-0.4, -0.2) is 43.3 Å². The Morgan fingerprint density at radius 1 is 1.14 bits per heavy atom. The van der Waals surface area contributed by atoms with Gasteiger partial charge < -0.3 is 9.64 Å². The number of anilines is 1. The minimum atomic E-state index is -0.282. The van der Waals surface area contributed by atoms with Gasteiger partial charge in [0.2, 0.25) is 0 Å². The number of ether oxygens (including phenoxy) is 1. The van der Waals surface area contributed by atoms with Crippen molar-refractivity contribution in [3.63, 3.8) is 0 Å². The van der Waals surface area contributed by atoms with Crippen LogP contribution in [0.3, 0.4) is 0 Å². The highest BCUT2D eigenvalue weighted by molar-refractivity contribution is 9.10. The number of benzene rings is 2. The van der Waals surface area contributed by atoms with Gasteiger partial charge in [0.25, 0.3) is 11.1 Å². The summed E-state index contributed by atoms with van der Waals surface area (Å²) in [5, 5.41) is -0.271. The summed E-state index contributed by atoms with van der Waals surface area (Å²) in [5.74, 6) is 0.439. The Morgan fingerprint density at radius 2 is 1.86 bits per heavy atom. The van der Waals surface area contributed by atoms with Gasteiger partial charge in [-0.05, 0) is 70.5 Å². The van der Waals surface area contributed by atoms with E-state index in [4.69, 9.17) is 4.74 Å². The predicted molar refractivity (Wildman–Crippen MR) is 118 cm³/mol. The first-order valence-electron chi connectivity index (χ1n) is 8.77. The third-order valence-corrected chi connectivity index (χ3v) is 5.77. The van der Waals surface area contributed by atoms with Gasteiger partial charge in [0, 0.05) is 18.6 Å². The molecule has 5 nitrogen and oxygen atoms in total. The second-order valence-electron chi connectivity index (χ2n) is 6.60. The second-order valence-corrected chi connectivity index (χ2v) is 8.45. The van der Waals surface area contributed by atoms with E-state index in [1.807, 2.05) is 68.4 Å². The largest absolute Gasteiger partial charge is 0.492 e. The van der Waals surface area contributed by atoms with Crippen LogP contribution in [0.4, 0.5) is 10.5 Å². The molecular weight excluding hydrogens is 440 g/mol. The number of rotatable bonds is 6. The fourth-order valence-corrected chi connectivity index (χ4v) is 4.33. The number of hydrogen-bond acceptors (Lipinski definition) is 5. The van der Waals surface area contributed by atoms with Crippen LogP contribution in [0.15, 0.2) is 51.8 Å². The molecule has 3 rings (SSSR count). The van der Waals surface area contributed by atoms with E-state index >= 15 is 0 Å². The summed E-state index contributed by atoms with van der Waals surface area (Å²) < 4.78 is 6.57. The highest BCUT2D eigenvalue weighted by Gasteiger charge is 2.34. The molecule has 0 radical (unpaired) electrons. The molecule has 2 aromatic carbocycles. The third kappa shape index (κ3) is 4.77. The number of thioether (sulfide) groups is 1. The molecule has 0 atom stereocenters. The average Bonchev–Trinajstić information content (AvgIpc) is 2.90. The Morgan fingerprint density at radius 3 is 2.50 bits per heavy atom. The fourth-order valence-electron chi connectivity index (χ4n) is 2.71. The first-order valence-corrected chi connectivity index (χ1v) is 10.4. The van der Waals surface area contributed by atoms with Crippen molar-refractivity contribution < 1.29 is 14.3 Å². The second kappa shape index (κ2) is 8.84. The van der Waals surface area contributed by atoms with Gasteiger partial charge in [0.05, 0.1) is 17.1 Å². The molecule has 7 heteroatoms. The zero-order valence-corrected chi connectivity index (χ0v) is 18.3. The summed E-state index contributed by atoms with van der Waals surface area (Å²) in [6.07, 6.45) is 1.75. The molecule has 0 saturated carbocycles. The molecule has 0 aromatic heterocycles. The molecule has 0 unspecified atom stereocenters. The van der Waals surface area contributed by atoms with E-state index in [0.717, 1.165) is 38.8 Å². The van der Waals surface area contributed by atoms with Gasteiger partial charge in [-0.25, -0.2) is 0 Å². The van der Waals surface area contributed by atoms with E-state index in [0.29, 0.717) is 4.91 Å². The van der Waals surface area contributed by atoms with Crippen molar-refractivity contribution in [2.45, 2.75) is 6.92 Å². The summed E-state index contributed by atoms with van der Waals surface area (Å²) in [6, 6.07) is 13.5. The van der Waals surface area contributed by atoms with Crippen LogP contribution < -0.4 is 9.64 Å². The molecule has 0 spiro atoms. The quantitative estimate of drug-likeness (QED) is 0.571. The molecule has 2 amide bonds. The Bertz CT molecular complexity index is 926. The first kappa shape index (κ1) is 20.5. The van der Waals surface area contributed by atoms with Crippen LogP contribution in [0.2, 0.25) is 0 Å². The van der Waals surface area contributed by atoms with E-state index in [9.17, 15) is 9.59 Å². The first-order chi connectivity index (χ1) is 13.3. The van der Waals surface area contributed by atoms with Gasteiger partial charge in [0.15, 0.2) is 0 Å². The zero-order chi connectivity index (χ0) is 20.3. The molecule has 146 valence electrons. The topological polar surface area (TPSA) is 49.9 Å². The van der Waals surface area contributed by atoms with Crippen molar-refractivity contribution in [2.24, 2.45) is 0 Å². The minimum Gasteiger partial charge on any atom is -0.492 e. The van der Waals surface area contributed by atoms with Crippen molar-refractivity contribution in [1.82, 2.24) is 4.90 Å². The Hall–Kier alpha value is -2.25. The molecule has 2 aromatic rings. The van der Waals surface area contributed by atoms with Gasteiger partial charge in [-0.2, -0.15) is 0 Å². The lowest BCUT2D eigenvalue weighted by molar-refractivity contribution is -0.123. The van der Waals surface area contributed by atoms with E-state index in [-0.39, 0.29) is 24.3 Å². The standard InChI is InChI=1S/C21H21BrN2O3S/c1-14-4-7-16(8-5-14)27-11-10-24-20(25)19(28-21(24)26)13-15-6-9-18(23(2)3)17(22)12-15/h4-9,12-13H,10-11H2,1-3H3/b19-13-. The van der Waals surface area contributed by atoms with Crippen LogP contribution >= 0.6 is 27.7 Å². The molecule has 0 bridgehead atoms. The van der Waals surface area contributed by atoms with Gasteiger partial charge in [-0.15, -0.1) is 0 Å². The van der Waals surface area contributed by atoms with Crippen molar-refractivity contribution in [2.75, 3.05) is 32.1 Å². The maximum absolute atomic E-state index is 12.6. The Balaban J connectivity index is 1.65. The monoisotopic (exact) mass is 460 g/mol. The van der Waals surface area contributed by atoms with Crippen LogP contribution in [0, 0.1) is 6.92 Å². The highest BCUT2D eigenvalue weighted by atomic mass is 79.9. The molecule has 1 heterocycles. The Kier molecular flexibility index (Phi) is 6.46. The number of nitrogens with zero attached hydrogens (tertiary/aromatic N) is 2. The fraction of sp³-hybridized carbons (Fsp3) is 0.238. The van der Waals surface area contributed by atoms with E-state index in [1.54, 1.807) is 6.08 Å². The molecule has 28 heavy (non-hydrogen) atoms. The lowest BCUT2D eigenvalue weighted by Gasteiger charge is -2.15. The SMILES string of the molecule is Cc1ccc(OCCN2C(=O)S/C(=C\c3ccc(N(C)C)c(Br)c3)C2=O)cc1. The summed E-state index contributed by atoms with van der Waals surface area (Å²) in [4.78, 5) is 28.5. The predicted octanol–water partition coefficient (Wildman–Crippen LogP) is 4.94. The number of amides is 2. The van der Waals surface area contributed by atoms with Crippen molar-refractivity contribution in [3.05, 3.63) is 63.0 Å². The number of carbonyl (C=O) groups excluding carboxylic acids is 2. The van der Waals surface area contributed by atoms with Crippen molar-refractivity contribution in [1.29, 1.82) is 0 Å². The lowest BCUT2D eigenvalue weighted by atomic mass is 10.2. The number of halogens is 1.